The number of carbonyl (C=O) groups is 1. The Morgan fingerprint density at radius 3 is 2.88 bits per heavy atom. The maximum Gasteiger partial charge on any atom is 0.322 e. The molecule has 1 fully saturated rings. The molecule has 3 aromatic rings. The number of hydrogen-bond donors (Lipinski definition) is 2. The molecule has 5 nitrogen and oxygen atoms in total. The molecular weight excluding hydrogens is 340 g/mol. The molecule has 0 aliphatic carbocycles. The summed E-state index contributed by atoms with van der Waals surface area (Å²) in [6, 6.07) is 10.9. The van der Waals surface area contributed by atoms with Crippen molar-refractivity contribution in [2.75, 3.05) is 25.0 Å². The van der Waals surface area contributed by atoms with E-state index in [2.05, 4.69) is 10.3 Å². The van der Waals surface area contributed by atoms with E-state index >= 15 is 0 Å². The Hall–Kier alpha value is -2.93. The van der Waals surface area contributed by atoms with Crippen molar-refractivity contribution >= 4 is 22.6 Å². The van der Waals surface area contributed by atoms with E-state index in [0.717, 1.165) is 23.0 Å². The van der Waals surface area contributed by atoms with E-state index in [1.807, 2.05) is 30.5 Å². The van der Waals surface area contributed by atoms with Crippen LogP contribution in [0.4, 0.5) is 19.3 Å². The number of nitrogens with zero attached hydrogens (tertiary/aromatic N) is 1. The molecule has 4 rings (SSSR count). The molecule has 0 radical (unpaired) electrons. The first-order valence-corrected chi connectivity index (χ1v) is 8.30. The lowest BCUT2D eigenvalue weighted by molar-refractivity contribution is -0.0136. The number of hydrogen-bond acceptors (Lipinski definition) is 2. The van der Waals surface area contributed by atoms with Crippen LogP contribution in [0.25, 0.3) is 10.9 Å². The van der Waals surface area contributed by atoms with Crippen LogP contribution >= 0.6 is 0 Å². The maximum absolute atomic E-state index is 13.5. The number of rotatable bonds is 2. The molecule has 0 saturated carbocycles. The van der Waals surface area contributed by atoms with Gasteiger partial charge in [0.2, 0.25) is 0 Å². The molecule has 1 saturated heterocycles. The predicted molar refractivity (Wildman–Crippen MR) is 93.9 cm³/mol. The highest BCUT2D eigenvalue weighted by Crippen LogP contribution is 2.25. The number of amides is 2. The van der Waals surface area contributed by atoms with Crippen molar-refractivity contribution in [1.29, 1.82) is 0 Å². The second-order valence-electron chi connectivity index (χ2n) is 6.19. The van der Waals surface area contributed by atoms with Gasteiger partial charge in [0.15, 0.2) is 11.6 Å². The van der Waals surface area contributed by atoms with Gasteiger partial charge in [-0.1, -0.05) is 6.07 Å². The Bertz CT molecular complexity index is 957. The van der Waals surface area contributed by atoms with Gasteiger partial charge in [-0.3, -0.25) is 0 Å². The van der Waals surface area contributed by atoms with Gasteiger partial charge < -0.3 is 19.9 Å². The number of aromatic nitrogens is 1. The number of aromatic amines is 1. The van der Waals surface area contributed by atoms with Crippen LogP contribution < -0.4 is 5.32 Å². The van der Waals surface area contributed by atoms with Gasteiger partial charge in [-0.15, -0.1) is 0 Å². The van der Waals surface area contributed by atoms with Crippen LogP contribution in [-0.4, -0.2) is 35.6 Å². The van der Waals surface area contributed by atoms with Crippen molar-refractivity contribution < 1.29 is 18.3 Å². The molecule has 2 aromatic carbocycles. The quantitative estimate of drug-likeness (QED) is 0.727. The fourth-order valence-electron chi connectivity index (χ4n) is 3.08. The number of anilines is 1. The highest BCUT2D eigenvalue weighted by molar-refractivity contribution is 5.92. The molecule has 2 N–H and O–H groups in total. The SMILES string of the molecule is O=C(Nc1ccc2[nH]ccc2c1)N1CCOC(c2ccc(F)c(F)c2)C1. The average molecular weight is 357 g/mol. The van der Waals surface area contributed by atoms with Crippen LogP contribution in [0.15, 0.2) is 48.7 Å². The number of halogens is 2. The molecule has 1 atom stereocenters. The third-order valence-electron chi connectivity index (χ3n) is 4.47. The van der Waals surface area contributed by atoms with Crippen molar-refractivity contribution in [2.45, 2.75) is 6.10 Å². The molecule has 2 heterocycles. The molecule has 7 heteroatoms. The fourth-order valence-corrected chi connectivity index (χ4v) is 3.08. The largest absolute Gasteiger partial charge is 0.370 e. The molecule has 134 valence electrons. The number of urea groups is 1. The zero-order valence-corrected chi connectivity index (χ0v) is 13.8. The monoisotopic (exact) mass is 357 g/mol. The molecule has 1 aliphatic heterocycles. The number of nitrogens with one attached hydrogen (secondary N) is 2. The molecule has 1 aromatic heterocycles. The summed E-state index contributed by atoms with van der Waals surface area (Å²) in [5.41, 5.74) is 2.20. The fraction of sp³-hybridized carbons (Fsp3) is 0.211. The first-order valence-electron chi connectivity index (χ1n) is 8.30. The summed E-state index contributed by atoms with van der Waals surface area (Å²) >= 11 is 0. The Morgan fingerprint density at radius 2 is 2.04 bits per heavy atom. The summed E-state index contributed by atoms with van der Waals surface area (Å²) in [5, 5.41) is 3.87. The van der Waals surface area contributed by atoms with Crippen molar-refractivity contribution in [2.24, 2.45) is 0 Å². The van der Waals surface area contributed by atoms with Gasteiger partial charge in [0, 0.05) is 29.3 Å². The van der Waals surface area contributed by atoms with Gasteiger partial charge in [0.1, 0.15) is 6.10 Å². The van der Waals surface area contributed by atoms with Crippen LogP contribution in [0.2, 0.25) is 0 Å². The zero-order valence-electron chi connectivity index (χ0n) is 13.8. The Morgan fingerprint density at radius 1 is 1.15 bits per heavy atom. The number of morpholine rings is 1. The third-order valence-corrected chi connectivity index (χ3v) is 4.47. The van der Waals surface area contributed by atoms with Gasteiger partial charge in [0.05, 0.1) is 13.2 Å². The summed E-state index contributed by atoms with van der Waals surface area (Å²) in [6.45, 7) is 1.02. The number of benzene rings is 2. The topological polar surface area (TPSA) is 57.4 Å². The van der Waals surface area contributed by atoms with Gasteiger partial charge in [-0.2, -0.15) is 0 Å². The molecule has 1 aliphatic rings. The van der Waals surface area contributed by atoms with Crippen molar-refractivity contribution in [1.82, 2.24) is 9.88 Å². The van der Waals surface area contributed by atoms with E-state index in [1.165, 1.54) is 6.07 Å². The molecule has 2 amide bonds. The average Bonchev–Trinajstić information content (AvgIpc) is 3.12. The number of fused-ring (bicyclic) bond motifs is 1. The van der Waals surface area contributed by atoms with Gasteiger partial charge in [-0.05, 0) is 42.0 Å². The van der Waals surface area contributed by atoms with Crippen LogP contribution in [0.3, 0.4) is 0 Å². The molecule has 26 heavy (non-hydrogen) atoms. The second kappa shape index (κ2) is 6.76. The minimum Gasteiger partial charge on any atom is -0.370 e. The second-order valence-corrected chi connectivity index (χ2v) is 6.19. The molecule has 1 unspecified atom stereocenters. The number of H-pyrrole nitrogens is 1. The summed E-state index contributed by atoms with van der Waals surface area (Å²) in [5.74, 6) is -1.83. The smallest absolute Gasteiger partial charge is 0.322 e. The zero-order chi connectivity index (χ0) is 18.1. The molecule has 0 spiro atoms. The standard InChI is InChI=1S/C19H17F2N3O2/c20-15-3-1-13(10-16(15)21)18-11-24(7-8-26-18)19(25)23-14-2-4-17-12(9-14)5-6-22-17/h1-6,9-10,18,22H,7-8,11H2,(H,23,25). The maximum atomic E-state index is 13.5. The minimum atomic E-state index is -0.924. The highest BCUT2D eigenvalue weighted by Gasteiger charge is 2.26. The first-order chi connectivity index (χ1) is 12.6. The molecular formula is C19H17F2N3O2. The van der Waals surface area contributed by atoms with Crippen LogP contribution in [0.1, 0.15) is 11.7 Å². The van der Waals surface area contributed by atoms with Gasteiger partial charge in [0.25, 0.3) is 0 Å². The number of carbonyl (C=O) groups excluding carboxylic acids is 1. The lowest BCUT2D eigenvalue weighted by atomic mass is 10.1. The van der Waals surface area contributed by atoms with Crippen molar-refractivity contribution in [3.8, 4) is 0 Å². The normalized spacial score (nSPS) is 17.5. The van der Waals surface area contributed by atoms with E-state index in [-0.39, 0.29) is 12.6 Å². The Balaban J connectivity index is 1.46. The van der Waals surface area contributed by atoms with E-state index in [4.69, 9.17) is 4.74 Å². The Labute approximate surface area is 148 Å². The van der Waals surface area contributed by atoms with Crippen molar-refractivity contribution in [3.63, 3.8) is 0 Å². The van der Waals surface area contributed by atoms with Crippen molar-refractivity contribution in [3.05, 3.63) is 65.9 Å². The van der Waals surface area contributed by atoms with E-state index in [9.17, 15) is 13.6 Å². The summed E-state index contributed by atoms with van der Waals surface area (Å²) in [6.07, 6.45) is 1.35. The lowest BCUT2D eigenvalue weighted by Crippen LogP contribution is -2.44. The van der Waals surface area contributed by atoms with E-state index in [1.54, 1.807) is 4.90 Å². The predicted octanol–water partition coefficient (Wildman–Crippen LogP) is 4.05. The molecule has 0 bridgehead atoms. The third kappa shape index (κ3) is 3.25. The lowest BCUT2D eigenvalue weighted by Gasteiger charge is -2.33. The highest BCUT2D eigenvalue weighted by atomic mass is 19.2. The van der Waals surface area contributed by atoms with Gasteiger partial charge in [-0.25, -0.2) is 13.6 Å². The summed E-state index contributed by atoms with van der Waals surface area (Å²) in [4.78, 5) is 17.3. The van der Waals surface area contributed by atoms with E-state index < -0.39 is 17.7 Å². The van der Waals surface area contributed by atoms with Gasteiger partial charge >= 0.3 is 6.03 Å². The minimum absolute atomic E-state index is 0.254. The Kier molecular flexibility index (Phi) is 4.30. The van der Waals surface area contributed by atoms with Crippen LogP contribution in [0, 0.1) is 11.6 Å². The summed E-state index contributed by atoms with van der Waals surface area (Å²) < 4.78 is 32.2. The van der Waals surface area contributed by atoms with Crippen LogP contribution in [-0.2, 0) is 4.74 Å². The van der Waals surface area contributed by atoms with E-state index in [0.29, 0.717) is 24.4 Å². The number of ether oxygens (including phenoxy) is 1. The van der Waals surface area contributed by atoms with Crippen LogP contribution in [0.5, 0.6) is 0 Å². The summed E-state index contributed by atoms with van der Waals surface area (Å²) in [7, 11) is 0. The first kappa shape index (κ1) is 16.5.